The van der Waals surface area contributed by atoms with Gasteiger partial charge in [0, 0.05) is 24.1 Å². The molecular weight excluding hydrogens is 967 g/mol. The fourth-order valence-corrected chi connectivity index (χ4v) is 8.38. The molecule has 3 heterocycles. The molecule has 4 heteroatoms. The Balaban J connectivity index is 0.00000642. The normalized spacial score (nSPS) is 12.9. The van der Waals surface area contributed by atoms with Gasteiger partial charge in [-0.3, -0.25) is 0 Å². The van der Waals surface area contributed by atoms with Gasteiger partial charge in [-0.2, -0.15) is 0 Å². The molecule has 0 spiro atoms. The van der Waals surface area contributed by atoms with Crippen LogP contribution in [0, 0.1) is 18.2 Å². The van der Waals surface area contributed by atoms with Crippen LogP contribution in [0.3, 0.4) is 0 Å². The summed E-state index contributed by atoms with van der Waals surface area (Å²) in [5.74, 6) is 0. The van der Waals surface area contributed by atoms with Crippen molar-refractivity contribution in [2.45, 2.75) is 64.1 Å². The van der Waals surface area contributed by atoms with Gasteiger partial charge in [0.05, 0.1) is 0 Å². The van der Waals surface area contributed by atoms with Crippen LogP contribution in [0.25, 0.3) is 56.0 Å². The van der Waals surface area contributed by atoms with Crippen molar-refractivity contribution in [2.24, 2.45) is 0 Å². The first-order valence-electron chi connectivity index (χ1n) is 23.8. The third-order valence-electron chi connectivity index (χ3n) is 11.9. The van der Waals surface area contributed by atoms with E-state index in [1.807, 2.05) is 158 Å². The largest absolute Gasteiger partial charge is 3.00 e. The Kier molecular flexibility index (Phi) is 12.3. The third kappa shape index (κ3) is 10.9. The average Bonchev–Trinajstić information content (AvgIpc) is 3.37. The van der Waals surface area contributed by atoms with Gasteiger partial charge in [-0.05, 0) is 109 Å². The summed E-state index contributed by atoms with van der Waals surface area (Å²) >= 11 is 0. The predicted molar refractivity (Wildman–Crippen MR) is 264 cm³/mol. The Bertz CT molecular complexity index is 3010. The molecule has 0 aliphatic rings. The average molecular weight is 1020 g/mol. The van der Waals surface area contributed by atoms with Crippen LogP contribution in [0.15, 0.2) is 195 Å². The summed E-state index contributed by atoms with van der Waals surface area (Å²) in [5.41, 5.74) is 11.8. The molecular formula is C61H52IrN3. The van der Waals surface area contributed by atoms with Gasteiger partial charge in [0.1, 0.15) is 0 Å². The minimum absolute atomic E-state index is 0. The van der Waals surface area contributed by atoms with Crippen molar-refractivity contribution in [1.29, 1.82) is 0 Å². The minimum Gasteiger partial charge on any atom is -0.304 e. The first-order chi connectivity index (χ1) is 32.7. The Morgan fingerprint density at radius 2 is 0.877 bits per heavy atom. The number of aryl methyl sites for hydroxylation is 2. The molecule has 9 rings (SSSR count). The molecule has 3 aromatic heterocycles. The summed E-state index contributed by atoms with van der Waals surface area (Å²) in [7, 11) is 0. The number of hydrogen-bond acceptors (Lipinski definition) is 3. The van der Waals surface area contributed by atoms with Gasteiger partial charge in [-0.15, -0.1) is 108 Å². The van der Waals surface area contributed by atoms with E-state index in [-0.39, 0.29) is 31.2 Å². The van der Waals surface area contributed by atoms with E-state index in [1.165, 1.54) is 6.20 Å². The molecule has 0 radical (unpaired) electrons. The van der Waals surface area contributed by atoms with Crippen molar-refractivity contribution in [3.05, 3.63) is 246 Å². The second-order valence-corrected chi connectivity index (χ2v) is 17.7. The number of benzene rings is 6. The van der Waals surface area contributed by atoms with Crippen LogP contribution >= 0.6 is 0 Å². The van der Waals surface area contributed by atoms with Crippen LogP contribution in [-0.2, 0) is 56.5 Å². The van der Waals surface area contributed by atoms with Crippen LogP contribution < -0.4 is 0 Å². The summed E-state index contributed by atoms with van der Waals surface area (Å²) in [4.78, 5) is 14.4. The summed E-state index contributed by atoms with van der Waals surface area (Å²) in [6.45, 7) is 8.69. The van der Waals surface area contributed by atoms with Crippen LogP contribution in [-0.4, -0.2) is 15.0 Å². The molecule has 6 aromatic carbocycles. The SMILES string of the molecule is [2H]C([2H])(c1cc(CC(C)(C)c2ccc(-c3[c-]cccc3)nc2)cc(CC(C)(C)c2ccc(-c3[c-]cccc3)nc2)c1)C([2H])([2H])c1cnc(-c2[c-]cccc2)cc1-c1ccc(-c2ccccc2)cc1.[Ir+3]. The molecule has 65 heavy (non-hydrogen) atoms. The van der Waals surface area contributed by atoms with E-state index < -0.39 is 23.6 Å². The fraction of sp³-hybridized carbons (Fsp3) is 0.164. The molecule has 9 aromatic rings. The Labute approximate surface area is 404 Å². The summed E-state index contributed by atoms with van der Waals surface area (Å²) in [5, 5.41) is 0. The van der Waals surface area contributed by atoms with Gasteiger partial charge < -0.3 is 15.0 Å². The second-order valence-electron chi connectivity index (χ2n) is 17.7. The van der Waals surface area contributed by atoms with Crippen molar-refractivity contribution >= 4 is 0 Å². The molecule has 320 valence electrons. The first-order valence-corrected chi connectivity index (χ1v) is 21.8. The van der Waals surface area contributed by atoms with Gasteiger partial charge in [0.25, 0.3) is 0 Å². The Hall–Kier alpha value is -6.58. The maximum atomic E-state index is 9.96. The topological polar surface area (TPSA) is 38.7 Å². The second kappa shape index (κ2) is 20.1. The van der Waals surface area contributed by atoms with E-state index in [2.05, 4.69) is 76.2 Å². The predicted octanol–water partition coefficient (Wildman–Crippen LogP) is 14.4. The number of hydrogen-bond donors (Lipinski definition) is 0. The summed E-state index contributed by atoms with van der Waals surface area (Å²) in [6.07, 6.45) is 1.40. The van der Waals surface area contributed by atoms with Crippen LogP contribution in [0.1, 0.15) is 66.6 Å². The molecule has 3 nitrogen and oxygen atoms in total. The first kappa shape index (κ1) is 40.0. The maximum absolute atomic E-state index is 9.96. The van der Waals surface area contributed by atoms with Gasteiger partial charge in [-0.25, -0.2) is 0 Å². The standard InChI is InChI=1S/C61H52N3.Ir/c1-60(2,54-31-33-57(63-42-54)50-19-11-6-12-20-50)39-45-35-44(36-46(37-45)40-61(3,4)55-32-34-58(64-43-55)51-21-13-7-14-22-51)25-26-53-41-62-59(52-23-15-8-16-24-52)38-56(53)49-29-27-48(28-30-49)47-17-9-5-10-18-47;/h5-19,21,23,27-38,41-43H,25-26,39-40H2,1-4H3;/q-3;+3/i25D2,26D2;. The molecule has 0 saturated carbocycles. The van der Waals surface area contributed by atoms with Crippen LogP contribution in [0.2, 0.25) is 0 Å². The molecule has 0 unspecified atom stereocenters. The van der Waals surface area contributed by atoms with Crippen molar-refractivity contribution < 1.29 is 25.6 Å². The van der Waals surface area contributed by atoms with Crippen molar-refractivity contribution in [3.8, 4) is 56.0 Å². The van der Waals surface area contributed by atoms with Gasteiger partial charge in [-0.1, -0.05) is 131 Å². The van der Waals surface area contributed by atoms with Crippen LogP contribution in [0.4, 0.5) is 0 Å². The Morgan fingerprint density at radius 1 is 0.431 bits per heavy atom. The van der Waals surface area contributed by atoms with E-state index >= 15 is 0 Å². The fourth-order valence-electron chi connectivity index (χ4n) is 8.38. The third-order valence-corrected chi connectivity index (χ3v) is 11.9. The van der Waals surface area contributed by atoms with Gasteiger partial charge >= 0.3 is 20.1 Å². The Morgan fingerprint density at radius 3 is 1.35 bits per heavy atom. The van der Waals surface area contributed by atoms with Crippen LogP contribution in [0.5, 0.6) is 0 Å². The minimum atomic E-state index is -2.55. The van der Waals surface area contributed by atoms with Crippen molar-refractivity contribution in [3.63, 3.8) is 0 Å². The molecule has 0 aliphatic heterocycles. The van der Waals surface area contributed by atoms with E-state index in [9.17, 15) is 5.48 Å². The molecule has 0 bridgehead atoms. The van der Waals surface area contributed by atoms with Gasteiger partial charge in [0.2, 0.25) is 0 Å². The number of aromatic nitrogens is 3. The zero-order valence-corrected chi connectivity index (χ0v) is 39.5. The maximum Gasteiger partial charge on any atom is 3.00 e. The number of nitrogens with zero attached hydrogens (tertiary/aromatic N) is 3. The van der Waals surface area contributed by atoms with Gasteiger partial charge in [0.15, 0.2) is 0 Å². The molecule has 0 atom stereocenters. The number of rotatable bonds is 14. The van der Waals surface area contributed by atoms with E-state index in [0.717, 1.165) is 67.0 Å². The molecule has 0 N–H and O–H groups in total. The summed E-state index contributed by atoms with van der Waals surface area (Å²) < 4.78 is 39.8. The molecule has 0 fully saturated rings. The molecule has 0 aliphatic carbocycles. The zero-order chi connectivity index (χ0) is 47.5. The van der Waals surface area contributed by atoms with Crippen molar-refractivity contribution in [1.82, 2.24) is 15.0 Å². The molecule has 0 saturated heterocycles. The zero-order valence-electron chi connectivity index (χ0n) is 41.1. The van der Waals surface area contributed by atoms with E-state index in [0.29, 0.717) is 24.1 Å². The van der Waals surface area contributed by atoms with E-state index in [4.69, 9.17) is 15.0 Å². The van der Waals surface area contributed by atoms with Crippen molar-refractivity contribution in [2.75, 3.05) is 0 Å². The van der Waals surface area contributed by atoms with E-state index in [1.54, 1.807) is 0 Å². The molecule has 0 amide bonds. The smallest absolute Gasteiger partial charge is 0.304 e. The summed E-state index contributed by atoms with van der Waals surface area (Å²) in [6, 6.07) is 67.1. The monoisotopic (exact) mass is 1020 g/mol. The quantitative estimate of drug-likeness (QED) is 0.102. The number of pyridine rings is 3.